The summed E-state index contributed by atoms with van der Waals surface area (Å²) in [5.41, 5.74) is 0.747. The van der Waals surface area contributed by atoms with E-state index in [0.29, 0.717) is 15.3 Å². The molecule has 5 nitrogen and oxygen atoms in total. The van der Waals surface area contributed by atoms with Gasteiger partial charge < -0.3 is 4.74 Å². The van der Waals surface area contributed by atoms with Crippen molar-refractivity contribution in [3.05, 3.63) is 61.5 Å². The van der Waals surface area contributed by atoms with Crippen LogP contribution in [0.25, 0.3) is 22.4 Å². The molecule has 0 atom stereocenters. The number of benzene rings is 1. The van der Waals surface area contributed by atoms with Crippen molar-refractivity contribution in [2.24, 2.45) is 0 Å². The van der Waals surface area contributed by atoms with Crippen LogP contribution in [-0.4, -0.2) is 21.2 Å². The second-order valence-electron chi connectivity index (χ2n) is 6.49. The van der Waals surface area contributed by atoms with Crippen molar-refractivity contribution in [1.29, 1.82) is 0 Å². The van der Waals surface area contributed by atoms with Crippen molar-refractivity contribution >= 4 is 33.7 Å². The molecular weight excluding hydrogens is 390 g/mol. The SMILES string of the molecule is CCCCCCOc1ccc(-c2nc3s/c(=C\c4cccs4)c(=O)n3n2)cc1. The number of thiophene rings is 1. The van der Waals surface area contributed by atoms with Crippen LogP contribution in [0.1, 0.15) is 37.5 Å². The molecule has 0 aliphatic rings. The molecular formula is C21H21N3O2S2. The summed E-state index contributed by atoms with van der Waals surface area (Å²) >= 11 is 2.96. The first-order chi connectivity index (χ1) is 13.7. The highest BCUT2D eigenvalue weighted by Crippen LogP contribution is 2.21. The summed E-state index contributed by atoms with van der Waals surface area (Å²) in [6.07, 6.45) is 6.64. The average molecular weight is 412 g/mol. The molecule has 3 heterocycles. The van der Waals surface area contributed by atoms with Gasteiger partial charge in [0.05, 0.1) is 11.1 Å². The van der Waals surface area contributed by atoms with Gasteiger partial charge in [-0.2, -0.15) is 9.50 Å². The summed E-state index contributed by atoms with van der Waals surface area (Å²) in [7, 11) is 0. The van der Waals surface area contributed by atoms with Gasteiger partial charge in [-0.1, -0.05) is 43.6 Å². The zero-order valence-corrected chi connectivity index (χ0v) is 17.3. The third kappa shape index (κ3) is 4.15. The van der Waals surface area contributed by atoms with Gasteiger partial charge in [-0.3, -0.25) is 4.79 Å². The van der Waals surface area contributed by atoms with Crippen molar-refractivity contribution in [3.63, 3.8) is 0 Å². The maximum absolute atomic E-state index is 12.6. The van der Waals surface area contributed by atoms with Crippen molar-refractivity contribution in [2.45, 2.75) is 32.6 Å². The topological polar surface area (TPSA) is 56.5 Å². The molecule has 0 aliphatic heterocycles. The summed E-state index contributed by atoms with van der Waals surface area (Å²) in [6.45, 7) is 2.94. The molecule has 4 aromatic rings. The van der Waals surface area contributed by atoms with Gasteiger partial charge in [-0.25, -0.2) is 0 Å². The van der Waals surface area contributed by atoms with Gasteiger partial charge in [0.1, 0.15) is 5.75 Å². The van der Waals surface area contributed by atoms with E-state index < -0.39 is 0 Å². The lowest BCUT2D eigenvalue weighted by Gasteiger charge is -2.06. The second-order valence-corrected chi connectivity index (χ2v) is 8.48. The molecule has 3 aromatic heterocycles. The summed E-state index contributed by atoms with van der Waals surface area (Å²) in [5.74, 6) is 1.40. The molecule has 0 unspecified atom stereocenters. The number of unbranched alkanes of at least 4 members (excludes halogenated alkanes) is 3. The fourth-order valence-electron chi connectivity index (χ4n) is 2.88. The minimum atomic E-state index is -0.126. The molecule has 0 spiro atoms. The molecule has 7 heteroatoms. The second kappa shape index (κ2) is 8.67. The van der Waals surface area contributed by atoms with Gasteiger partial charge in [-0.05, 0) is 48.2 Å². The first-order valence-corrected chi connectivity index (χ1v) is 11.1. The Bertz CT molecular complexity index is 1150. The number of aromatic nitrogens is 3. The number of rotatable bonds is 8. The molecule has 0 bridgehead atoms. The highest BCUT2D eigenvalue weighted by Gasteiger charge is 2.12. The van der Waals surface area contributed by atoms with E-state index in [4.69, 9.17) is 4.74 Å². The number of hydrogen-bond acceptors (Lipinski definition) is 6. The number of thiazole rings is 1. The molecule has 0 amide bonds. The van der Waals surface area contributed by atoms with E-state index in [9.17, 15) is 4.79 Å². The molecule has 0 N–H and O–H groups in total. The van der Waals surface area contributed by atoms with E-state index >= 15 is 0 Å². The van der Waals surface area contributed by atoms with Gasteiger partial charge in [0.25, 0.3) is 5.56 Å². The molecule has 0 aliphatic carbocycles. The van der Waals surface area contributed by atoms with Crippen LogP contribution in [0.15, 0.2) is 46.6 Å². The van der Waals surface area contributed by atoms with Crippen LogP contribution in [0.3, 0.4) is 0 Å². The lowest BCUT2D eigenvalue weighted by Crippen LogP contribution is -2.23. The Balaban J connectivity index is 1.49. The number of ether oxygens (including phenoxy) is 1. The summed E-state index contributed by atoms with van der Waals surface area (Å²) in [6, 6.07) is 11.7. The third-order valence-electron chi connectivity index (χ3n) is 4.38. The van der Waals surface area contributed by atoms with Crippen molar-refractivity contribution in [2.75, 3.05) is 6.61 Å². The predicted octanol–water partition coefficient (Wildman–Crippen LogP) is 4.39. The lowest BCUT2D eigenvalue weighted by atomic mass is 10.2. The maximum atomic E-state index is 12.6. The van der Waals surface area contributed by atoms with E-state index in [1.165, 1.54) is 35.1 Å². The zero-order valence-electron chi connectivity index (χ0n) is 15.6. The fourth-order valence-corrected chi connectivity index (χ4v) is 4.51. The Morgan fingerprint density at radius 3 is 2.71 bits per heavy atom. The molecule has 0 radical (unpaired) electrons. The zero-order chi connectivity index (χ0) is 19.3. The Kier molecular flexibility index (Phi) is 5.83. The van der Waals surface area contributed by atoms with Crippen LogP contribution in [0.5, 0.6) is 5.75 Å². The quantitative estimate of drug-likeness (QED) is 0.404. The van der Waals surface area contributed by atoms with Gasteiger partial charge in [0, 0.05) is 10.4 Å². The van der Waals surface area contributed by atoms with Gasteiger partial charge in [0.2, 0.25) is 4.96 Å². The lowest BCUT2D eigenvalue weighted by molar-refractivity contribution is 0.305. The molecule has 0 saturated carbocycles. The summed E-state index contributed by atoms with van der Waals surface area (Å²) < 4.78 is 7.81. The highest BCUT2D eigenvalue weighted by molar-refractivity contribution is 7.15. The summed E-state index contributed by atoms with van der Waals surface area (Å²) in [4.78, 5) is 18.8. The fraction of sp³-hybridized carbons (Fsp3) is 0.286. The molecule has 0 fully saturated rings. The van der Waals surface area contributed by atoms with Crippen LogP contribution < -0.4 is 14.8 Å². The normalized spacial score (nSPS) is 12.1. The minimum Gasteiger partial charge on any atom is -0.494 e. The van der Waals surface area contributed by atoms with Crippen LogP contribution in [0.4, 0.5) is 0 Å². The number of hydrogen-bond donors (Lipinski definition) is 0. The van der Waals surface area contributed by atoms with E-state index in [0.717, 1.165) is 29.2 Å². The highest BCUT2D eigenvalue weighted by atomic mass is 32.1. The van der Waals surface area contributed by atoms with E-state index in [1.54, 1.807) is 11.3 Å². The molecule has 4 rings (SSSR count). The van der Waals surface area contributed by atoms with Crippen molar-refractivity contribution in [1.82, 2.24) is 14.6 Å². The van der Waals surface area contributed by atoms with E-state index in [-0.39, 0.29) is 5.56 Å². The average Bonchev–Trinajstić information content (AvgIpc) is 3.42. The van der Waals surface area contributed by atoms with Gasteiger partial charge in [-0.15, -0.1) is 16.4 Å². The van der Waals surface area contributed by atoms with Gasteiger partial charge >= 0.3 is 0 Å². The maximum Gasteiger partial charge on any atom is 0.291 e. The standard InChI is InChI=1S/C21H21N3O2S2/c1-2-3-4-5-12-26-16-10-8-15(9-11-16)19-22-21-24(23-19)20(25)18(28-21)14-17-7-6-13-27-17/h6-11,13-14H,2-5,12H2,1H3/b18-14-. The largest absolute Gasteiger partial charge is 0.494 e. The summed E-state index contributed by atoms with van der Waals surface area (Å²) in [5, 5.41) is 6.39. The Hall–Kier alpha value is -2.51. The van der Waals surface area contributed by atoms with E-state index in [2.05, 4.69) is 17.0 Å². The van der Waals surface area contributed by atoms with Gasteiger partial charge in [0.15, 0.2) is 5.82 Å². The van der Waals surface area contributed by atoms with Crippen LogP contribution in [-0.2, 0) is 0 Å². The van der Waals surface area contributed by atoms with E-state index in [1.807, 2.05) is 47.9 Å². The molecule has 1 aromatic carbocycles. The van der Waals surface area contributed by atoms with Crippen LogP contribution in [0.2, 0.25) is 0 Å². The predicted molar refractivity (Wildman–Crippen MR) is 115 cm³/mol. The Morgan fingerprint density at radius 2 is 2.00 bits per heavy atom. The first-order valence-electron chi connectivity index (χ1n) is 9.42. The van der Waals surface area contributed by atoms with Crippen molar-refractivity contribution < 1.29 is 4.74 Å². The van der Waals surface area contributed by atoms with Crippen molar-refractivity contribution in [3.8, 4) is 17.1 Å². The van der Waals surface area contributed by atoms with Crippen LogP contribution in [0, 0.1) is 0 Å². The molecule has 28 heavy (non-hydrogen) atoms. The molecule has 144 valence electrons. The number of fused-ring (bicyclic) bond motifs is 1. The smallest absolute Gasteiger partial charge is 0.291 e. The first kappa shape index (κ1) is 18.8. The van der Waals surface area contributed by atoms with Crippen LogP contribution >= 0.6 is 22.7 Å². The number of nitrogens with zero attached hydrogens (tertiary/aromatic N) is 3. The third-order valence-corrected chi connectivity index (χ3v) is 6.16. The minimum absolute atomic E-state index is 0.126. The Morgan fingerprint density at radius 1 is 1.14 bits per heavy atom. The molecule has 0 saturated heterocycles. The monoisotopic (exact) mass is 411 g/mol. The Labute approximate surface area is 170 Å².